The summed E-state index contributed by atoms with van der Waals surface area (Å²) >= 11 is 3.33. The predicted molar refractivity (Wildman–Crippen MR) is 64.0 cm³/mol. The number of methoxy groups -OCH3 is 1. The summed E-state index contributed by atoms with van der Waals surface area (Å²) in [7, 11) is 1.71. The topological polar surface area (TPSA) is 47.0 Å². The Morgan fingerprint density at radius 3 is 2.87 bits per heavy atom. The van der Waals surface area contributed by atoms with Crippen molar-refractivity contribution in [3.05, 3.63) is 16.5 Å². The van der Waals surface area contributed by atoms with E-state index in [-0.39, 0.29) is 0 Å². The van der Waals surface area contributed by atoms with Crippen LogP contribution in [-0.4, -0.2) is 30.2 Å². The highest BCUT2D eigenvalue weighted by Crippen LogP contribution is 2.12. The molecule has 0 spiro atoms. The summed E-state index contributed by atoms with van der Waals surface area (Å²) in [6, 6.07) is 1.87. The number of hydrogen-bond donors (Lipinski definition) is 1. The fraction of sp³-hybridized carbons (Fsp3) is 0.600. The third-order valence-corrected chi connectivity index (χ3v) is 2.30. The minimum atomic E-state index is 0.462. The van der Waals surface area contributed by atoms with Crippen molar-refractivity contribution in [2.75, 3.05) is 25.6 Å². The molecule has 5 heteroatoms. The molecule has 84 valence electrons. The molecular formula is C10H16BrN3O. The Hall–Kier alpha value is -0.680. The number of ether oxygens (including phenoxy) is 1. The van der Waals surface area contributed by atoms with Crippen LogP contribution in [0, 0.1) is 12.8 Å². The van der Waals surface area contributed by atoms with Crippen LogP contribution in [0.3, 0.4) is 0 Å². The molecule has 0 aliphatic heterocycles. The molecule has 0 saturated heterocycles. The van der Waals surface area contributed by atoms with Gasteiger partial charge in [0.25, 0.3) is 0 Å². The second-order valence-corrected chi connectivity index (χ2v) is 4.38. The molecule has 0 saturated carbocycles. The molecule has 1 unspecified atom stereocenters. The van der Waals surface area contributed by atoms with Crippen molar-refractivity contribution in [1.29, 1.82) is 0 Å². The average molecular weight is 274 g/mol. The fourth-order valence-electron chi connectivity index (χ4n) is 1.24. The molecule has 15 heavy (non-hydrogen) atoms. The summed E-state index contributed by atoms with van der Waals surface area (Å²) in [6.07, 6.45) is 0. The number of nitrogens with one attached hydrogen (secondary N) is 1. The number of aromatic nitrogens is 2. The van der Waals surface area contributed by atoms with Gasteiger partial charge in [0.15, 0.2) is 0 Å². The van der Waals surface area contributed by atoms with Gasteiger partial charge in [0.05, 0.1) is 6.61 Å². The van der Waals surface area contributed by atoms with E-state index in [4.69, 9.17) is 4.74 Å². The van der Waals surface area contributed by atoms with Gasteiger partial charge in [0.1, 0.15) is 16.2 Å². The lowest BCUT2D eigenvalue weighted by Crippen LogP contribution is -2.16. The fourth-order valence-corrected chi connectivity index (χ4v) is 1.72. The number of aryl methyl sites for hydroxylation is 1. The average Bonchev–Trinajstić information content (AvgIpc) is 2.14. The van der Waals surface area contributed by atoms with Gasteiger partial charge in [-0.3, -0.25) is 0 Å². The number of hydrogen-bond acceptors (Lipinski definition) is 4. The summed E-state index contributed by atoms with van der Waals surface area (Å²) in [5.74, 6) is 2.06. The number of anilines is 1. The van der Waals surface area contributed by atoms with Crippen molar-refractivity contribution in [2.45, 2.75) is 13.8 Å². The van der Waals surface area contributed by atoms with E-state index in [1.54, 1.807) is 7.11 Å². The lowest BCUT2D eigenvalue weighted by atomic mass is 10.2. The highest BCUT2D eigenvalue weighted by Gasteiger charge is 2.03. The van der Waals surface area contributed by atoms with Gasteiger partial charge in [-0.15, -0.1) is 0 Å². The van der Waals surface area contributed by atoms with Crippen molar-refractivity contribution in [3.63, 3.8) is 0 Å². The second kappa shape index (κ2) is 6.02. The van der Waals surface area contributed by atoms with E-state index >= 15 is 0 Å². The largest absolute Gasteiger partial charge is 0.384 e. The smallest absolute Gasteiger partial charge is 0.130 e. The number of nitrogens with zero attached hydrogens (tertiary/aromatic N) is 2. The summed E-state index contributed by atoms with van der Waals surface area (Å²) in [6.45, 7) is 5.59. The van der Waals surface area contributed by atoms with E-state index in [2.05, 4.69) is 38.1 Å². The van der Waals surface area contributed by atoms with E-state index < -0.39 is 0 Å². The first-order chi connectivity index (χ1) is 7.11. The molecule has 4 nitrogen and oxygen atoms in total. The van der Waals surface area contributed by atoms with Crippen molar-refractivity contribution in [2.24, 2.45) is 5.92 Å². The monoisotopic (exact) mass is 273 g/mol. The van der Waals surface area contributed by atoms with Crippen LogP contribution in [0.2, 0.25) is 0 Å². The van der Waals surface area contributed by atoms with Crippen molar-refractivity contribution in [3.8, 4) is 0 Å². The standard InChI is InChI=1S/C10H16BrN3O/c1-7(6-15-3)5-12-10-4-9(11)13-8(2)14-10/h4,7H,5-6H2,1-3H3,(H,12,13,14). The van der Waals surface area contributed by atoms with E-state index in [0.29, 0.717) is 5.92 Å². The zero-order valence-corrected chi connectivity index (χ0v) is 10.8. The van der Waals surface area contributed by atoms with Gasteiger partial charge in [-0.05, 0) is 28.8 Å². The highest BCUT2D eigenvalue weighted by atomic mass is 79.9. The maximum Gasteiger partial charge on any atom is 0.130 e. The third-order valence-electron chi connectivity index (χ3n) is 1.89. The van der Waals surface area contributed by atoms with Crippen LogP contribution in [-0.2, 0) is 4.74 Å². The summed E-state index contributed by atoms with van der Waals surface area (Å²) in [5.41, 5.74) is 0. The quantitative estimate of drug-likeness (QED) is 0.836. The van der Waals surface area contributed by atoms with Crippen LogP contribution >= 0.6 is 15.9 Å². The van der Waals surface area contributed by atoms with Gasteiger partial charge in [0.2, 0.25) is 0 Å². The lowest BCUT2D eigenvalue weighted by molar-refractivity contribution is 0.164. The highest BCUT2D eigenvalue weighted by molar-refractivity contribution is 9.10. The lowest BCUT2D eigenvalue weighted by Gasteiger charge is -2.12. The van der Waals surface area contributed by atoms with Gasteiger partial charge >= 0.3 is 0 Å². The van der Waals surface area contributed by atoms with Crippen molar-refractivity contribution < 1.29 is 4.74 Å². The van der Waals surface area contributed by atoms with Crippen LogP contribution in [0.1, 0.15) is 12.7 Å². The zero-order valence-electron chi connectivity index (χ0n) is 9.25. The first-order valence-corrected chi connectivity index (χ1v) is 5.65. The zero-order chi connectivity index (χ0) is 11.3. The third kappa shape index (κ3) is 4.57. The minimum Gasteiger partial charge on any atom is -0.384 e. The first-order valence-electron chi connectivity index (χ1n) is 4.86. The molecule has 1 heterocycles. The molecule has 0 aliphatic rings. The van der Waals surface area contributed by atoms with Crippen LogP contribution in [0.15, 0.2) is 10.7 Å². The van der Waals surface area contributed by atoms with E-state index in [1.165, 1.54) is 0 Å². The predicted octanol–water partition coefficient (Wildman–Crippen LogP) is 2.24. The van der Waals surface area contributed by atoms with Crippen molar-refractivity contribution >= 4 is 21.7 Å². The van der Waals surface area contributed by atoms with Gasteiger partial charge < -0.3 is 10.1 Å². The number of rotatable bonds is 5. The van der Waals surface area contributed by atoms with Crippen molar-refractivity contribution in [1.82, 2.24) is 9.97 Å². The van der Waals surface area contributed by atoms with Crippen LogP contribution in [0.25, 0.3) is 0 Å². The maximum absolute atomic E-state index is 5.06. The Balaban J connectivity index is 2.50. The van der Waals surface area contributed by atoms with E-state index in [1.807, 2.05) is 13.0 Å². The second-order valence-electron chi connectivity index (χ2n) is 3.56. The Kier molecular flexibility index (Phi) is 4.98. The molecule has 0 aliphatic carbocycles. The molecule has 1 atom stereocenters. The first kappa shape index (κ1) is 12.4. The molecule has 1 aromatic heterocycles. The molecule has 0 bridgehead atoms. The van der Waals surface area contributed by atoms with Crippen LogP contribution in [0.5, 0.6) is 0 Å². The molecule has 1 aromatic rings. The normalized spacial score (nSPS) is 12.5. The summed E-state index contributed by atoms with van der Waals surface area (Å²) in [4.78, 5) is 8.41. The van der Waals surface area contributed by atoms with Gasteiger partial charge in [-0.25, -0.2) is 9.97 Å². The molecule has 0 amide bonds. The molecular weight excluding hydrogens is 258 g/mol. The minimum absolute atomic E-state index is 0.462. The van der Waals surface area contributed by atoms with Gasteiger partial charge in [0, 0.05) is 19.7 Å². The molecule has 0 aromatic carbocycles. The number of halogens is 1. The Labute approximate surface area is 98.6 Å². The molecule has 1 N–H and O–H groups in total. The van der Waals surface area contributed by atoms with Gasteiger partial charge in [-0.2, -0.15) is 0 Å². The van der Waals surface area contributed by atoms with E-state index in [0.717, 1.165) is 29.4 Å². The Morgan fingerprint density at radius 2 is 2.27 bits per heavy atom. The molecule has 0 fully saturated rings. The summed E-state index contributed by atoms with van der Waals surface area (Å²) in [5, 5.41) is 3.25. The van der Waals surface area contributed by atoms with Crippen LogP contribution < -0.4 is 5.32 Å². The Bertz CT molecular complexity index is 299. The molecule has 0 radical (unpaired) electrons. The Morgan fingerprint density at radius 1 is 1.53 bits per heavy atom. The van der Waals surface area contributed by atoms with Gasteiger partial charge in [-0.1, -0.05) is 6.92 Å². The van der Waals surface area contributed by atoms with Crippen LogP contribution in [0.4, 0.5) is 5.82 Å². The van der Waals surface area contributed by atoms with E-state index in [9.17, 15) is 0 Å². The summed E-state index contributed by atoms with van der Waals surface area (Å²) < 4.78 is 5.86. The SMILES string of the molecule is COCC(C)CNc1cc(Br)nc(C)n1. The maximum atomic E-state index is 5.06. The molecule has 1 rings (SSSR count).